The highest BCUT2D eigenvalue weighted by Crippen LogP contribution is 2.35. The Bertz CT molecular complexity index is 1260. The second kappa shape index (κ2) is 15.2. The number of rotatable bonds is 13. The van der Waals surface area contributed by atoms with Crippen LogP contribution in [0.25, 0.3) is 11.1 Å². The molecule has 1 N–H and O–H groups in total. The second-order valence-electron chi connectivity index (χ2n) is 11.5. The number of ether oxygens (including phenoxy) is 2. The molecule has 0 bridgehead atoms. The quantitative estimate of drug-likeness (QED) is 0.0982. The summed E-state index contributed by atoms with van der Waals surface area (Å²) < 4.78 is 11.7. The van der Waals surface area contributed by atoms with Gasteiger partial charge in [-0.15, -0.1) is 0 Å². The van der Waals surface area contributed by atoms with E-state index in [2.05, 4.69) is 60.4 Å². The van der Waals surface area contributed by atoms with E-state index in [1.54, 1.807) is 0 Å². The van der Waals surface area contributed by atoms with Crippen molar-refractivity contribution in [2.75, 3.05) is 26.2 Å². The Kier molecular flexibility index (Phi) is 11.4. The molecule has 4 rings (SSSR count). The molecule has 0 spiro atoms. The summed E-state index contributed by atoms with van der Waals surface area (Å²) in [5.74, 6) is 1.16. The van der Waals surface area contributed by atoms with Crippen molar-refractivity contribution in [2.24, 2.45) is 0 Å². The molecule has 1 heterocycles. The van der Waals surface area contributed by atoms with E-state index in [0.717, 1.165) is 35.4 Å². The van der Waals surface area contributed by atoms with E-state index in [1.165, 1.54) is 43.5 Å². The molecule has 1 saturated heterocycles. The minimum Gasteiger partial charge on any atom is -0.492 e. The highest BCUT2D eigenvalue weighted by molar-refractivity contribution is 6.69. The predicted molar refractivity (Wildman–Crippen MR) is 171 cm³/mol. The van der Waals surface area contributed by atoms with Crippen LogP contribution in [0.2, 0.25) is 19.1 Å². The largest absolute Gasteiger partial charge is 0.492 e. The Hall–Kier alpha value is -3.19. The average molecular weight is 572 g/mol. The monoisotopic (exact) mass is 571 g/mol. The van der Waals surface area contributed by atoms with E-state index >= 15 is 0 Å². The maximum absolute atomic E-state index is 12.4. The molecule has 0 aromatic heterocycles. The van der Waals surface area contributed by atoms with Crippen LogP contribution in [0.4, 0.5) is 0 Å². The van der Waals surface area contributed by atoms with E-state index in [0.29, 0.717) is 31.2 Å². The van der Waals surface area contributed by atoms with Crippen LogP contribution in [0.1, 0.15) is 62.1 Å². The zero-order chi connectivity index (χ0) is 29.1. The summed E-state index contributed by atoms with van der Waals surface area (Å²) in [5, 5.41) is 0. The SMILES string of the molecule is CC/C(=C(/c1ccc(OCCN2CCCCC2)cc1)c1ccc(OC(=O)CCC[Si](C)(C)O)cc1)c1ccccc1. The molecule has 3 aromatic rings. The first-order chi connectivity index (χ1) is 19.8. The Morgan fingerprint density at radius 3 is 2.02 bits per heavy atom. The molecule has 1 aliphatic heterocycles. The normalized spacial score (nSPS) is 14.8. The zero-order valence-corrected chi connectivity index (χ0v) is 25.9. The van der Waals surface area contributed by atoms with Crippen molar-refractivity contribution in [3.63, 3.8) is 0 Å². The van der Waals surface area contributed by atoms with E-state index in [9.17, 15) is 9.59 Å². The third-order valence-electron chi connectivity index (χ3n) is 7.59. The van der Waals surface area contributed by atoms with Crippen molar-refractivity contribution in [3.8, 4) is 11.5 Å². The van der Waals surface area contributed by atoms with Gasteiger partial charge < -0.3 is 14.3 Å². The predicted octanol–water partition coefficient (Wildman–Crippen LogP) is 7.80. The van der Waals surface area contributed by atoms with Crippen LogP contribution in [0.5, 0.6) is 11.5 Å². The minimum absolute atomic E-state index is 0.263. The van der Waals surface area contributed by atoms with Gasteiger partial charge in [0.2, 0.25) is 0 Å². The lowest BCUT2D eigenvalue weighted by atomic mass is 9.88. The number of nitrogens with zero attached hydrogens (tertiary/aromatic N) is 1. The third kappa shape index (κ3) is 9.70. The van der Waals surface area contributed by atoms with Crippen molar-refractivity contribution in [1.82, 2.24) is 4.90 Å². The number of allylic oxidation sites excluding steroid dienone is 1. The maximum Gasteiger partial charge on any atom is 0.311 e. The second-order valence-corrected chi connectivity index (χ2v) is 15.6. The smallest absolute Gasteiger partial charge is 0.311 e. The highest BCUT2D eigenvalue weighted by atomic mass is 28.4. The first-order valence-electron chi connectivity index (χ1n) is 15.1. The first kappa shape index (κ1) is 30.8. The van der Waals surface area contributed by atoms with Crippen LogP contribution in [-0.4, -0.2) is 50.2 Å². The molecule has 5 nitrogen and oxygen atoms in total. The van der Waals surface area contributed by atoms with Gasteiger partial charge in [0.1, 0.15) is 18.1 Å². The van der Waals surface area contributed by atoms with Gasteiger partial charge in [-0.2, -0.15) is 0 Å². The van der Waals surface area contributed by atoms with Gasteiger partial charge in [-0.1, -0.05) is 67.9 Å². The van der Waals surface area contributed by atoms with E-state index in [-0.39, 0.29) is 5.97 Å². The molecular formula is C35H45NO4Si. The number of esters is 1. The molecule has 0 unspecified atom stereocenters. The van der Waals surface area contributed by atoms with Crippen molar-refractivity contribution < 1.29 is 19.1 Å². The molecule has 218 valence electrons. The molecule has 0 saturated carbocycles. The molecule has 1 aliphatic rings. The van der Waals surface area contributed by atoms with Gasteiger partial charge in [0, 0.05) is 13.0 Å². The number of hydrogen-bond acceptors (Lipinski definition) is 5. The standard InChI is InChI=1S/C35H45NO4Si/c1-4-33(28-12-7-5-8-13-28)35(29-15-19-31(20-16-29)39-26-25-36-23-9-6-10-24-36)30-17-21-32(22-18-30)40-34(37)14-11-27-41(2,3)38/h5,7-8,12-13,15-22,38H,4,6,9-11,14,23-27H2,1-3H3/b35-33+. The third-order valence-corrected chi connectivity index (χ3v) is 9.17. The lowest BCUT2D eigenvalue weighted by Gasteiger charge is -2.26. The van der Waals surface area contributed by atoms with Crippen molar-refractivity contribution >= 4 is 25.4 Å². The van der Waals surface area contributed by atoms with Gasteiger partial charge in [-0.3, -0.25) is 9.69 Å². The lowest BCUT2D eigenvalue weighted by Crippen LogP contribution is -2.33. The van der Waals surface area contributed by atoms with Crippen LogP contribution in [-0.2, 0) is 4.79 Å². The Labute approximate surface area is 247 Å². The zero-order valence-electron chi connectivity index (χ0n) is 24.9. The van der Waals surface area contributed by atoms with Gasteiger partial charge in [0.25, 0.3) is 0 Å². The van der Waals surface area contributed by atoms with E-state index < -0.39 is 8.32 Å². The highest BCUT2D eigenvalue weighted by Gasteiger charge is 2.18. The fourth-order valence-electron chi connectivity index (χ4n) is 5.41. The molecule has 0 amide bonds. The average Bonchev–Trinajstić information content (AvgIpc) is 2.97. The summed E-state index contributed by atoms with van der Waals surface area (Å²) >= 11 is 0. The summed E-state index contributed by atoms with van der Waals surface area (Å²) in [6.07, 6.45) is 5.75. The molecule has 3 aromatic carbocycles. The minimum atomic E-state index is -2.15. The van der Waals surface area contributed by atoms with E-state index in [4.69, 9.17) is 9.47 Å². The van der Waals surface area contributed by atoms with Crippen LogP contribution in [0, 0.1) is 0 Å². The van der Waals surface area contributed by atoms with Gasteiger partial charge in [-0.05, 0) is 110 Å². The number of likely N-dealkylation sites (tertiary alicyclic amines) is 1. The van der Waals surface area contributed by atoms with Crippen LogP contribution in [0.15, 0.2) is 78.9 Å². The van der Waals surface area contributed by atoms with Gasteiger partial charge in [-0.25, -0.2) is 0 Å². The van der Waals surface area contributed by atoms with Gasteiger partial charge >= 0.3 is 5.97 Å². The molecular weight excluding hydrogens is 526 g/mol. The van der Waals surface area contributed by atoms with Crippen molar-refractivity contribution in [3.05, 3.63) is 95.6 Å². The summed E-state index contributed by atoms with van der Waals surface area (Å²) in [7, 11) is -2.15. The Balaban J connectivity index is 1.51. The number of benzene rings is 3. The Morgan fingerprint density at radius 1 is 0.829 bits per heavy atom. The lowest BCUT2D eigenvalue weighted by molar-refractivity contribution is -0.134. The molecule has 0 atom stereocenters. The van der Waals surface area contributed by atoms with Gasteiger partial charge in [0.05, 0.1) is 0 Å². The van der Waals surface area contributed by atoms with Crippen LogP contribution in [0.3, 0.4) is 0 Å². The van der Waals surface area contributed by atoms with Gasteiger partial charge in [0.15, 0.2) is 8.32 Å². The summed E-state index contributed by atoms with van der Waals surface area (Å²) in [6, 6.07) is 27.4. The molecule has 0 radical (unpaired) electrons. The summed E-state index contributed by atoms with van der Waals surface area (Å²) in [6.45, 7) is 9.99. The molecule has 41 heavy (non-hydrogen) atoms. The number of piperidine rings is 1. The fraction of sp³-hybridized carbons (Fsp3) is 0.400. The van der Waals surface area contributed by atoms with Crippen molar-refractivity contribution in [1.29, 1.82) is 0 Å². The topological polar surface area (TPSA) is 59.0 Å². The summed E-state index contributed by atoms with van der Waals surface area (Å²) in [4.78, 5) is 24.9. The van der Waals surface area contributed by atoms with Crippen LogP contribution >= 0.6 is 0 Å². The molecule has 1 fully saturated rings. The van der Waals surface area contributed by atoms with Crippen LogP contribution < -0.4 is 9.47 Å². The van der Waals surface area contributed by atoms with E-state index in [1.807, 2.05) is 43.4 Å². The van der Waals surface area contributed by atoms with Crippen molar-refractivity contribution in [2.45, 2.75) is 64.6 Å². The Morgan fingerprint density at radius 2 is 1.44 bits per heavy atom. The number of carbonyl (C=O) groups is 1. The molecule has 6 heteroatoms. The number of hydrogen-bond donors (Lipinski definition) is 1. The summed E-state index contributed by atoms with van der Waals surface area (Å²) in [5.41, 5.74) is 5.79. The fourth-order valence-corrected chi connectivity index (χ4v) is 6.45. The maximum atomic E-state index is 12.4. The first-order valence-corrected chi connectivity index (χ1v) is 18.3. The molecule has 0 aliphatic carbocycles. The number of carbonyl (C=O) groups excluding carboxylic acids is 1.